The minimum atomic E-state index is -0.344. The van der Waals surface area contributed by atoms with Crippen LogP contribution in [0.4, 0.5) is 5.69 Å². The Balaban J connectivity index is 1.93. The van der Waals surface area contributed by atoms with E-state index in [9.17, 15) is 9.59 Å². The fourth-order valence-electron chi connectivity index (χ4n) is 2.32. The predicted octanol–water partition coefficient (Wildman–Crippen LogP) is 4.49. The summed E-state index contributed by atoms with van der Waals surface area (Å²) in [4.78, 5) is 26.0. The van der Waals surface area contributed by atoms with Crippen LogP contribution in [-0.2, 0) is 4.79 Å². The summed E-state index contributed by atoms with van der Waals surface area (Å²) in [7, 11) is 0. The van der Waals surface area contributed by atoms with E-state index in [0.717, 1.165) is 0 Å². The van der Waals surface area contributed by atoms with Crippen LogP contribution >= 0.6 is 23.2 Å². The highest BCUT2D eigenvalue weighted by Gasteiger charge is 2.12. The van der Waals surface area contributed by atoms with Crippen LogP contribution in [0.2, 0.25) is 10.0 Å². The van der Waals surface area contributed by atoms with Crippen LogP contribution in [0.25, 0.3) is 0 Å². The average Bonchev–Trinajstić information content (AvgIpc) is 2.64. The topological polar surface area (TPSA) is 58.6 Å². The second kappa shape index (κ2) is 9.46. The third kappa shape index (κ3) is 5.38. The Labute approximate surface area is 162 Å². The molecule has 0 fully saturated rings. The molecule has 0 atom stereocenters. The van der Waals surface area contributed by atoms with Crippen LogP contribution in [0.3, 0.4) is 0 Å². The van der Waals surface area contributed by atoms with Gasteiger partial charge in [-0.1, -0.05) is 23.2 Å². The molecule has 2 rings (SSSR count). The van der Waals surface area contributed by atoms with Gasteiger partial charge in [0.25, 0.3) is 11.8 Å². The van der Waals surface area contributed by atoms with E-state index in [4.69, 9.17) is 27.9 Å². The minimum absolute atomic E-state index is 0.0354. The third-order valence-corrected chi connectivity index (χ3v) is 4.27. The second-order valence-corrected chi connectivity index (χ2v) is 6.31. The normalized spacial score (nSPS) is 10.3. The van der Waals surface area contributed by atoms with Crippen molar-refractivity contribution in [2.24, 2.45) is 0 Å². The van der Waals surface area contributed by atoms with Crippen LogP contribution in [-0.4, -0.2) is 36.4 Å². The van der Waals surface area contributed by atoms with Gasteiger partial charge in [-0.25, -0.2) is 0 Å². The van der Waals surface area contributed by atoms with Gasteiger partial charge in [0.15, 0.2) is 6.61 Å². The number of hydrogen-bond acceptors (Lipinski definition) is 3. The summed E-state index contributed by atoms with van der Waals surface area (Å²) in [6.45, 7) is 4.96. The Morgan fingerprint density at radius 3 is 2.31 bits per heavy atom. The van der Waals surface area contributed by atoms with Gasteiger partial charge in [-0.3, -0.25) is 9.59 Å². The molecule has 26 heavy (non-hydrogen) atoms. The lowest BCUT2D eigenvalue weighted by atomic mass is 10.2. The Morgan fingerprint density at radius 1 is 1.04 bits per heavy atom. The third-order valence-electron chi connectivity index (χ3n) is 3.72. The molecular formula is C19H20Cl2N2O3. The van der Waals surface area contributed by atoms with Gasteiger partial charge in [0.05, 0.1) is 5.02 Å². The van der Waals surface area contributed by atoms with Crippen molar-refractivity contribution in [2.75, 3.05) is 25.0 Å². The molecule has 2 amide bonds. The lowest BCUT2D eigenvalue weighted by Crippen LogP contribution is -2.30. The number of nitrogens with zero attached hydrogens (tertiary/aromatic N) is 1. The van der Waals surface area contributed by atoms with Crippen molar-refractivity contribution in [1.29, 1.82) is 0 Å². The lowest BCUT2D eigenvalue weighted by Gasteiger charge is -2.18. The Kier molecular flexibility index (Phi) is 7.30. The van der Waals surface area contributed by atoms with E-state index in [1.807, 2.05) is 13.8 Å². The van der Waals surface area contributed by atoms with E-state index >= 15 is 0 Å². The molecule has 0 aliphatic rings. The van der Waals surface area contributed by atoms with Gasteiger partial charge in [0.1, 0.15) is 5.75 Å². The van der Waals surface area contributed by atoms with Crippen LogP contribution < -0.4 is 10.1 Å². The quantitative estimate of drug-likeness (QED) is 0.752. The first-order valence-electron chi connectivity index (χ1n) is 8.21. The number of hydrogen-bond donors (Lipinski definition) is 1. The van der Waals surface area contributed by atoms with Crippen molar-refractivity contribution in [2.45, 2.75) is 13.8 Å². The largest absolute Gasteiger partial charge is 0.482 e. The number of halogens is 2. The summed E-state index contributed by atoms with van der Waals surface area (Å²) >= 11 is 11.9. The van der Waals surface area contributed by atoms with Crippen molar-refractivity contribution < 1.29 is 14.3 Å². The molecule has 5 nitrogen and oxygen atoms in total. The number of nitrogens with one attached hydrogen (secondary N) is 1. The van der Waals surface area contributed by atoms with E-state index < -0.39 is 0 Å². The summed E-state index contributed by atoms with van der Waals surface area (Å²) in [6, 6.07) is 11.5. The van der Waals surface area contributed by atoms with Gasteiger partial charge >= 0.3 is 0 Å². The lowest BCUT2D eigenvalue weighted by molar-refractivity contribution is -0.118. The van der Waals surface area contributed by atoms with Crippen LogP contribution in [0, 0.1) is 0 Å². The van der Waals surface area contributed by atoms with Crippen molar-refractivity contribution in [3.8, 4) is 5.75 Å². The molecule has 2 aromatic carbocycles. The molecule has 0 spiro atoms. The van der Waals surface area contributed by atoms with Gasteiger partial charge in [0.2, 0.25) is 0 Å². The number of amides is 2. The summed E-state index contributed by atoms with van der Waals surface area (Å²) < 4.78 is 5.38. The molecule has 0 heterocycles. The molecule has 2 aromatic rings. The maximum Gasteiger partial charge on any atom is 0.262 e. The van der Waals surface area contributed by atoms with Crippen LogP contribution in [0.15, 0.2) is 42.5 Å². The summed E-state index contributed by atoms with van der Waals surface area (Å²) in [5, 5.41) is 3.55. The highest BCUT2D eigenvalue weighted by Crippen LogP contribution is 2.27. The van der Waals surface area contributed by atoms with E-state index in [1.54, 1.807) is 47.4 Å². The first-order valence-corrected chi connectivity index (χ1v) is 8.97. The van der Waals surface area contributed by atoms with E-state index in [-0.39, 0.29) is 18.4 Å². The molecule has 0 saturated heterocycles. The first kappa shape index (κ1) is 20.1. The molecule has 1 N–H and O–H groups in total. The zero-order valence-corrected chi connectivity index (χ0v) is 16.1. The van der Waals surface area contributed by atoms with Crippen molar-refractivity contribution >= 4 is 40.7 Å². The van der Waals surface area contributed by atoms with Crippen molar-refractivity contribution in [1.82, 2.24) is 4.90 Å². The fourth-order valence-corrected chi connectivity index (χ4v) is 2.65. The summed E-state index contributed by atoms with van der Waals surface area (Å²) in [6.07, 6.45) is 0. The molecule has 0 aromatic heterocycles. The van der Waals surface area contributed by atoms with Crippen molar-refractivity contribution in [3.63, 3.8) is 0 Å². The Morgan fingerprint density at radius 2 is 1.69 bits per heavy atom. The van der Waals surface area contributed by atoms with Gasteiger partial charge in [-0.05, 0) is 50.2 Å². The Bertz CT molecular complexity index is 775. The number of ether oxygens (including phenoxy) is 1. The van der Waals surface area contributed by atoms with E-state index in [1.165, 1.54) is 0 Å². The first-order chi connectivity index (χ1) is 12.4. The number of rotatable bonds is 7. The molecule has 7 heteroatoms. The molecule has 0 bridgehead atoms. The highest BCUT2D eigenvalue weighted by molar-refractivity contribution is 6.34. The van der Waals surface area contributed by atoms with Crippen LogP contribution in [0.1, 0.15) is 24.2 Å². The smallest absolute Gasteiger partial charge is 0.262 e. The fraction of sp³-hybridized carbons (Fsp3) is 0.263. The second-order valence-electron chi connectivity index (χ2n) is 5.47. The van der Waals surface area contributed by atoms with Crippen molar-refractivity contribution in [3.05, 3.63) is 58.1 Å². The average molecular weight is 395 g/mol. The highest BCUT2D eigenvalue weighted by atomic mass is 35.5. The molecule has 0 radical (unpaired) electrons. The van der Waals surface area contributed by atoms with Crippen LogP contribution in [0.5, 0.6) is 5.75 Å². The summed E-state index contributed by atoms with van der Waals surface area (Å²) in [5.41, 5.74) is 1.15. The standard InChI is InChI=1S/C19H20Cl2N2O3/c1-3-23(4-2)19(25)13-5-8-15(9-6-13)22-18(24)12-26-17-11-14(20)7-10-16(17)21/h5-11H,3-4,12H2,1-2H3,(H,22,24). The van der Waals surface area contributed by atoms with E-state index in [2.05, 4.69) is 5.32 Å². The van der Waals surface area contributed by atoms with E-state index in [0.29, 0.717) is 40.1 Å². The van der Waals surface area contributed by atoms with Gasteiger partial charge in [0, 0.05) is 35.4 Å². The van der Waals surface area contributed by atoms with Gasteiger partial charge < -0.3 is 15.0 Å². The zero-order valence-electron chi connectivity index (χ0n) is 14.6. The summed E-state index contributed by atoms with van der Waals surface area (Å²) in [5.74, 6) is -0.0369. The van der Waals surface area contributed by atoms with Gasteiger partial charge in [-0.15, -0.1) is 0 Å². The Hall–Kier alpha value is -2.24. The maximum absolute atomic E-state index is 12.3. The minimum Gasteiger partial charge on any atom is -0.482 e. The molecule has 0 aliphatic heterocycles. The monoisotopic (exact) mass is 394 g/mol. The predicted molar refractivity (Wildman–Crippen MR) is 104 cm³/mol. The molecule has 138 valence electrons. The SMILES string of the molecule is CCN(CC)C(=O)c1ccc(NC(=O)COc2cc(Cl)ccc2Cl)cc1. The number of carbonyl (C=O) groups is 2. The molecule has 0 saturated carbocycles. The zero-order chi connectivity index (χ0) is 19.1. The maximum atomic E-state index is 12.3. The number of benzene rings is 2. The number of anilines is 1. The number of carbonyl (C=O) groups excluding carboxylic acids is 2. The molecule has 0 unspecified atom stereocenters. The molecular weight excluding hydrogens is 375 g/mol. The van der Waals surface area contributed by atoms with Gasteiger partial charge in [-0.2, -0.15) is 0 Å². The molecule has 0 aliphatic carbocycles.